The van der Waals surface area contributed by atoms with Gasteiger partial charge in [-0.2, -0.15) is 0 Å². The second-order valence-corrected chi connectivity index (χ2v) is 9.94. The number of aromatic carboxylic acids is 1. The number of aliphatic hydroxyl groups excluding tert-OH is 1. The fraction of sp³-hybridized carbons (Fsp3) is 0.464. The average molecular weight is 509 g/mol. The third kappa shape index (κ3) is 7.52. The van der Waals surface area contributed by atoms with Gasteiger partial charge in [0.2, 0.25) is 5.88 Å². The number of likely N-dealkylation sites (N-methyl/N-ethyl adjacent to an activating group) is 1. The first-order valence-electron chi connectivity index (χ1n) is 12.3. The van der Waals surface area contributed by atoms with Gasteiger partial charge in [0.05, 0.1) is 24.8 Å². The molecular weight excluding hydrogens is 472 g/mol. The van der Waals surface area contributed by atoms with Gasteiger partial charge in [0, 0.05) is 37.3 Å². The van der Waals surface area contributed by atoms with Gasteiger partial charge in [0.25, 0.3) is 5.91 Å². The third-order valence-electron chi connectivity index (χ3n) is 6.27. The predicted molar refractivity (Wildman–Crippen MR) is 141 cm³/mol. The van der Waals surface area contributed by atoms with Crippen LogP contribution in [0.3, 0.4) is 0 Å². The number of carbonyl (C=O) groups excluding carboxylic acids is 1. The second kappa shape index (κ2) is 12.7. The van der Waals surface area contributed by atoms with Gasteiger partial charge in [-0.1, -0.05) is 30.9 Å². The first kappa shape index (κ1) is 28.1. The van der Waals surface area contributed by atoms with E-state index in [4.69, 9.17) is 4.74 Å². The van der Waals surface area contributed by atoms with Gasteiger partial charge in [-0.3, -0.25) is 14.6 Å². The maximum atomic E-state index is 13.5. The highest BCUT2D eigenvalue weighted by Gasteiger charge is 2.34. The molecule has 0 aliphatic carbocycles. The minimum absolute atomic E-state index is 0.0553. The Kier molecular flexibility index (Phi) is 9.64. The predicted octanol–water partition coefficient (Wildman–Crippen LogP) is 2.04. The normalized spacial score (nSPS) is 18.4. The van der Waals surface area contributed by atoms with Crippen LogP contribution in [0.1, 0.15) is 45.7 Å². The smallest absolute Gasteiger partial charge is 0.335 e. The molecule has 1 aromatic carbocycles. The van der Waals surface area contributed by atoms with Crippen LogP contribution in [0.4, 0.5) is 0 Å². The maximum Gasteiger partial charge on any atom is 0.335 e. The van der Waals surface area contributed by atoms with Crippen LogP contribution >= 0.6 is 0 Å². The van der Waals surface area contributed by atoms with Crippen molar-refractivity contribution in [1.29, 1.82) is 0 Å². The third-order valence-corrected chi connectivity index (χ3v) is 6.27. The number of carboxylic acid groups (broad SMARTS) is 1. The molecule has 1 amide bonds. The lowest BCUT2D eigenvalue weighted by Gasteiger charge is -2.37. The molecule has 0 unspecified atom stereocenters. The Morgan fingerprint density at radius 3 is 2.73 bits per heavy atom. The number of hydrogen-bond donors (Lipinski definition) is 2. The molecule has 0 saturated carbocycles. The standard InChI is InChI=1S/C28H36N4O5/c1-19-15-32(20(2)18-33)27(34)24-13-21(9-7-11-30(3)4)14-29-26(24)37-25(19)17-31(5)16-22-8-6-10-23(12-22)28(35)36/h6,8,10,12-14,19-20,25,33H,11,15-18H2,1-5H3,(H,35,36)/t19-,20+,25+/m0/s1. The van der Waals surface area contributed by atoms with Crippen molar-refractivity contribution in [3.05, 3.63) is 58.8 Å². The number of carbonyl (C=O) groups is 2. The first-order chi connectivity index (χ1) is 17.6. The van der Waals surface area contributed by atoms with Gasteiger partial charge in [-0.15, -0.1) is 0 Å². The van der Waals surface area contributed by atoms with Crippen LogP contribution in [0.15, 0.2) is 36.5 Å². The molecule has 2 aromatic rings. The Bertz CT molecular complexity index is 1170. The number of carboxylic acids is 1. The molecule has 3 rings (SSSR count). The number of hydrogen-bond acceptors (Lipinski definition) is 7. The lowest BCUT2D eigenvalue weighted by molar-refractivity contribution is 0.0324. The van der Waals surface area contributed by atoms with E-state index in [-0.39, 0.29) is 42.0 Å². The molecule has 0 radical (unpaired) electrons. The zero-order chi connectivity index (χ0) is 27.1. The molecule has 3 atom stereocenters. The molecule has 1 aliphatic rings. The molecule has 0 bridgehead atoms. The molecule has 198 valence electrons. The van der Waals surface area contributed by atoms with Crippen LogP contribution in [0, 0.1) is 17.8 Å². The highest BCUT2D eigenvalue weighted by Crippen LogP contribution is 2.27. The Balaban J connectivity index is 1.88. The quantitative estimate of drug-likeness (QED) is 0.522. The van der Waals surface area contributed by atoms with Crippen molar-refractivity contribution in [3.8, 4) is 17.7 Å². The molecule has 1 aromatic heterocycles. The minimum atomic E-state index is -0.960. The van der Waals surface area contributed by atoms with E-state index in [1.165, 1.54) is 0 Å². The molecule has 9 nitrogen and oxygen atoms in total. The number of amides is 1. The summed E-state index contributed by atoms with van der Waals surface area (Å²) < 4.78 is 6.34. The van der Waals surface area contributed by atoms with E-state index in [9.17, 15) is 19.8 Å². The summed E-state index contributed by atoms with van der Waals surface area (Å²) in [4.78, 5) is 35.0. The summed E-state index contributed by atoms with van der Waals surface area (Å²) >= 11 is 0. The van der Waals surface area contributed by atoms with Crippen molar-refractivity contribution in [3.63, 3.8) is 0 Å². The van der Waals surface area contributed by atoms with Crippen molar-refractivity contribution in [2.45, 2.75) is 32.5 Å². The molecule has 0 spiro atoms. The first-order valence-corrected chi connectivity index (χ1v) is 12.3. The molecular formula is C28H36N4O5. The largest absolute Gasteiger partial charge is 0.478 e. The molecule has 2 N–H and O–H groups in total. The lowest BCUT2D eigenvalue weighted by Crippen LogP contribution is -2.49. The van der Waals surface area contributed by atoms with Crippen molar-refractivity contribution in [2.75, 3.05) is 47.4 Å². The van der Waals surface area contributed by atoms with E-state index < -0.39 is 5.97 Å². The Labute approximate surface area is 218 Å². The molecule has 0 saturated heterocycles. The van der Waals surface area contributed by atoms with Gasteiger partial charge >= 0.3 is 5.97 Å². The van der Waals surface area contributed by atoms with Crippen molar-refractivity contribution < 1.29 is 24.5 Å². The number of benzene rings is 1. The summed E-state index contributed by atoms with van der Waals surface area (Å²) in [5.41, 5.74) is 2.07. The molecule has 9 heteroatoms. The highest BCUT2D eigenvalue weighted by molar-refractivity contribution is 5.97. The Hall–Kier alpha value is -3.45. The number of pyridine rings is 1. The fourth-order valence-corrected chi connectivity index (χ4v) is 4.17. The summed E-state index contributed by atoms with van der Waals surface area (Å²) in [6.45, 7) is 5.72. The van der Waals surface area contributed by atoms with E-state index in [2.05, 4.69) is 21.7 Å². The van der Waals surface area contributed by atoms with Crippen molar-refractivity contribution in [1.82, 2.24) is 19.7 Å². The van der Waals surface area contributed by atoms with Gasteiger partial charge in [-0.05, 0) is 51.8 Å². The zero-order valence-electron chi connectivity index (χ0n) is 22.1. The number of fused-ring (bicyclic) bond motifs is 1. The second-order valence-electron chi connectivity index (χ2n) is 9.94. The molecule has 37 heavy (non-hydrogen) atoms. The number of aliphatic hydroxyl groups is 1. The summed E-state index contributed by atoms with van der Waals surface area (Å²) in [5, 5.41) is 19.1. The van der Waals surface area contributed by atoms with Crippen molar-refractivity contribution >= 4 is 11.9 Å². The van der Waals surface area contributed by atoms with E-state index in [1.54, 1.807) is 35.4 Å². The van der Waals surface area contributed by atoms with Crippen LogP contribution < -0.4 is 4.74 Å². The number of nitrogens with zero attached hydrogens (tertiary/aromatic N) is 4. The van der Waals surface area contributed by atoms with Gasteiger partial charge in [-0.25, -0.2) is 9.78 Å². The van der Waals surface area contributed by atoms with Gasteiger partial charge in [0.1, 0.15) is 11.7 Å². The summed E-state index contributed by atoms with van der Waals surface area (Å²) in [5.74, 6) is 5.10. The topological polar surface area (TPSA) is 106 Å². The van der Waals surface area contributed by atoms with Crippen LogP contribution in [0.5, 0.6) is 5.88 Å². The summed E-state index contributed by atoms with van der Waals surface area (Å²) in [6, 6.07) is 8.20. The monoisotopic (exact) mass is 508 g/mol. The molecule has 1 aliphatic heterocycles. The Morgan fingerprint density at radius 2 is 2.05 bits per heavy atom. The molecule has 0 fully saturated rings. The maximum absolute atomic E-state index is 13.5. The summed E-state index contributed by atoms with van der Waals surface area (Å²) in [7, 11) is 5.81. The van der Waals surface area contributed by atoms with Gasteiger partial charge in [0.15, 0.2) is 0 Å². The minimum Gasteiger partial charge on any atom is -0.478 e. The van der Waals surface area contributed by atoms with Crippen molar-refractivity contribution in [2.24, 2.45) is 5.92 Å². The Morgan fingerprint density at radius 1 is 1.30 bits per heavy atom. The highest BCUT2D eigenvalue weighted by atomic mass is 16.5. The van der Waals surface area contributed by atoms with E-state index in [0.717, 1.165) is 5.56 Å². The molecule has 2 heterocycles. The van der Waals surface area contributed by atoms with E-state index in [1.807, 2.05) is 46.0 Å². The summed E-state index contributed by atoms with van der Waals surface area (Å²) in [6.07, 6.45) is 1.31. The lowest BCUT2D eigenvalue weighted by atomic mass is 9.99. The van der Waals surface area contributed by atoms with E-state index >= 15 is 0 Å². The van der Waals surface area contributed by atoms with Gasteiger partial charge < -0.3 is 19.8 Å². The number of rotatable bonds is 8. The average Bonchev–Trinajstić information content (AvgIpc) is 2.85. The van der Waals surface area contributed by atoms with Crippen LogP contribution in [0.25, 0.3) is 0 Å². The van der Waals surface area contributed by atoms with E-state index in [0.29, 0.717) is 37.3 Å². The van der Waals surface area contributed by atoms with Crippen LogP contribution in [-0.4, -0.2) is 101 Å². The number of aromatic nitrogens is 1. The van der Waals surface area contributed by atoms with Crippen LogP contribution in [-0.2, 0) is 6.54 Å². The fourth-order valence-electron chi connectivity index (χ4n) is 4.17. The number of ether oxygens (including phenoxy) is 1. The van der Waals surface area contributed by atoms with Crippen LogP contribution in [0.2, 0.25) is 0 Å². The SMILES string of the molecule is C[C@H](CO)N1C[C@H](C)[C@@H](CN(C)Cc2cccc(C(=O)O)c2)Oc2ncc(C#CCN(C)C)cc2C1=O. The zero-order valence-corrected chi connectivity index (χ0v) is 22.1.